The lowest BCUT2D eigenvalue weighted by Gasteiger charge is -2.37. The third kappa shape index (κ3) is 3.30. The lowest BCUT2D eigenvalue weighted by Crippen LogP contribution is -2.47. The van der Waals surface area contributed by atoms with E-state index in [1.165, 1.54) is 11.8 Å². The van der Waals surface area contributed by atoms with Gasteiger partial charge in [0.25, 0.3) is 5.24 Å². The van der Waals surface area contributed by atoms with Gasteiger partial charge in [0, 0.05) is 12.2 Å². The van der Waals surface area contributed by atoms with E-state index in [2.05, 4.69) is 11.4 Å². The second-order valence-electron chi connectivity index (χ2n) is 6.87. The average molecular weight is 382 g/mol. The summed E-state index contributed by atoms with van der Waals surface area (Å²) >= 11 is 1.23. The molecule has 2 heterocycles. The Morgan fingerprint density at radius 3 is 2.74 bits per heavy atom. The number of thioether (sulfide) groups is 1. The molecule has 1 unspecified atom stereocenters. The zero-order valence-electron chi connectivity index (χ0n) is 15.3. The van der Waals surface area contributed by atoms with Gasteiger partial charge < -0.3 is 15.0 Å². The smallest absolute Gasteiger partial charge is 0.329 e. The van der Waals surface area contributed by atoms with E-state index in [9.17, 15) is 9.59 Å². The minimum Gasteiger partial charge on any atom is -0.464 e. The first kappa shape index (κ1) is 17.9. The van der Waals surface area contributed by atoms with Gasteiger partial charge in [-0.3, -0.25) is 4.79 Å². The fourth-order valence-corrected chi connectivity index (χ4v) is 5.09. The molecule has 0 saturated carbocycles. The molecule has 2 aromatic rings. The lowest BCUT2D eigenvalue weighted by atomic mass is 9.90. The van der Waals surface area contributed by atoms with Crippen molar-refractivity contribution in [2.45, 2.75) is 37.7 Å². The zero-order valence-corrected chi connectivity index (χ0v) is 16.2. The van der Waals surface area contributed by atoms with Crippen LogP contribution in [0, 0.1) is 6.92 Å². The molecule has 3 atom stereocenters. The SMILES string of the molecule is CCOC(=O)C1Nc2ccc(C)cc2[C@@H]2[C@H]1SC(=O)N2Cc1ccccc1. The molecule has 0 spiro atoms. The number of amides is 1. The molecule has 0 radical (unpaired) electrons. The van der Waals surface area contributed by atoms with Crippen molar-refractivity contribution in [2.75, 3.05) is 11.9 Å². The Kier molecular flexibility index (Phi) is 4.83. The summed E-state index contributed by atoms with van der Waals surface area (Å²) in [5, 5.41) is 3.10. The van der Waals surface area contributed by atoms with Crippen LogP contribution in [0.1, 0.15) is 29.7 Å². The number of aryl methyl sites for hydroxylation is 1. The van der Waals surface area contributed by atoms with Crippen molar-refractivity contribution in [3.8, 4) is 0 Å². The quantitative estimate of drug-likeness (QED) is 0.806. The van der Waals surface area contributed by atoms with Gasteiger partial charge in [-0.1, -0.05) is 59.8 Å². The third-order valence-electron chi connectivity index (χ3n) is 5.02. The maximum Gasteiger partial charge on any atom is 0.329 e. The van der Waals surface area contributed by atoms with Gasteiger partial charge in [-0.05, 0) is 31.0 Å². The highest BCUT2D eigenvalue weighted by Gasteiger charge is 2.51. The third-order valence-corrected chi connectivity index (χ3v) is 6.26. The van der Waals surface area contributed by atoms with Gasteiger partial charge in [-0.15, -0.1) is 0 Å². The van der Waals surface area contributed by atoms with E-state index in [4.69, 9.17) is 4.74 Å². The molecule has 2 aliphatic heterocycles. The van der Waals surface area contributed by atoms with Crippen molar-refractivity contribution < 1.29 is 14.3 Å². The van der Waals surface area contributed by atoms with E-state index in [1.54, 1.807) is 6.92 Å². The van der Waals surface area contributed by atoms with Crippen molar-refractivity contribution >= 4 is 28.7 Å². The molecule has 0 aliphatic carbocycles. The molecule has 0 aromatic heterocycles. The molecule has 6 heteroatoms. The molecule has 27 heavy (non-hydrogen) atoms. The van der Waals surface area contributed by atoms with Gasteiger partial charge in [0.05, 0.1) is 17.9 Å². The van der Waals surface area contributed by atoms with E-state index in [-0.39, 0.29) is 22.5 Å². The molecule has 1 N–H and O–H groups in total. The maximum atomic E-state index is 12.9. The number of nitrogens with one attached hydrogen (secondary N) is 1. The van der Waals surface area contributed by atoms with Crippen molar-refractivity contribution in [2.24, 2.45) is 0 Å². The largest absolute Gasteiger partial charge is 0.464 e. The predicted molar refractivity (Wildman–Crippen MR) is 107 cm³/mol. The Hall–Kier alpha value is -2.47. The van der Waals surface area contributed by atoms with E-state index in [0.717, 1.165) is 22.4 Å². The van der Waals surface area contributed by atoms with Gasteiger partial charge in [-0.25, -0.2) is 4.79 Å². The second-order valence-corrected chi connectivity index (χ2v) is 8.00. The zero-order chi connectivity index (χ0) is 19.0. The number of esters is 1. The van der Waals surface area contributed by atoms with Crippen molar-refractivity contribution in [3.05, 3.63) is 65.2 Å². The van der Waals surface area contributed by atoms with E-state index >= 15 is 0 Å². The van der Waals surface area contributed by atoms with E-state index < -0.39 is 6.04 Å². The van der Waals surface area contributed by atoms with Crippen LogP contribution in [0.15, 0.2) is 48.5 Å². The van der Waals surface area contributed by atoms with Crippen LogP contribution in [0.2, 0.25) is 0 Å². The Balaban J connectivity index is 1.74. The van der Waals surface area contributed by atoms with Crippen LogP contribution in [-0.4, -0.2) is 34.0 Å². The normalized spacial score (nSPS) is 23.4. The number of hydrogen-bond acceptors (Lipinski definition) is 5. The standard InChI is InChI=1S/C21H22N2O3S/c1-3-26-20(24)17-19-18(15-11-13(2)9-10-16(15)22-17)23(21(25)27-19)12-14-7-5-4-6-8-14/h4-11,17-19,22H,3,12H2,1-2H3/t17?,18-,19+/m1/s1. The molecule has 0 bridgehead atoms. The summed E-state index contributed by atoms with van der Waals surface area (Å²) in [7, 11) is 0. The Labute approximate surface area is 163 Å². The Morgan fingerprint density at radius 2 is 2.00 bits per heavy atom. The summed E-state index contributed by atoms with van der Waals surface area (Å²) in [6.45, 7) is 4.68. The highest BCUT2D eigenvalue weighted by molar-refractivity contribution is 8.14. The topological polar surface area (TPSA) is 58.6 Å². The molecular weight excluding hydrogens is 360 g/mol. The fraction of sp³-hybridized carbons (Fsp3) is 0.333. The Bertz CT molecular complexity index is 871. The van der Waals surface area contributed by atoms with Crippen LogP contribution >= 0.6 is 11.8 Å². The van der Waals surface area contributed by atoms with Crippen LogP contribution < -0.4 is 5.32 Å². The first-order valence-electron chi connectivity index (χ1n) is 9.13. The molecule has 140 valence electrons. The molecule has 1 amide bonds. The van der Waals surface area contributed by atoms with Gasteiger partial charge in [0.1, 0.15) is 6.04 Å². The van der Waals surface area contributed by atoms with Crippen LogP contribution in [0.25, 0.3) is 0 Å². The number of carbonyl (C=O) groups is 2. The predicted octanol–water partition coefficient (Wildman–Crippen LogP) is 4.13. The van der Waals surface area contributed by atoms with Gasteiger partial charge >= 0.3 is 5.97 Å². The second kappa shape index (κ2) is 7.27. The summed E-state index contributed by atoms with van der Waals surface area (Å²) in [6, 6.07) is 15.4. The molecule has 2 aliphatic rings. The minimum atomic E-state index is -0.542. The number of nitrogens with zero attached hydrogens (tertiary/aromatic N) is 1. The molecule has 4 rings (SSSR count). The lowest BCUT2D eigenvalue weighted by molar-refractivity contribution is -0.144. The van der Waals surface area contributed by atoms with Crippen molar-refractivity contribution in [1.29, 1.82) is 0 Å². The molecule has 5 nitrogen and oxygen atoms in total. The summed E-state index contributed by atoms with van der Waals surface area (Å²) < 4.78 is 5.27. The number of hydrogen-bond donors (Lipinski definition) is 1. The maximum absolute atomic E-state index is 12.9. The highest BCUT2D eigenvalue weighted by Crippen LogP contribution is 2.49. The monoisotopic (exact) mass is 382 g/mol. The number of ether oxygens (including phenoxy) is 1. The number of anilines is 1. The van der Waals surface area contributed by atoms with Crippen molar-refractivity contribution in [1.82, 2.24) is 4.90 Å². The molecule has 1 fully saturated rings. The fourth-order valence-electron chi connectivity index (χ4n) is 3.81. The number of rotatable bonds is 4. The van der Waals surface area contributed by atoms with Crippen LogP contribution in [0.4, 0.5) is 10.5 Å². The van der Waals surface area contributed by atoms with Gasteiger partial charge in [-0.2, -0.15) is 0 Å². The van der Waals surface area contributed by atoms with Crippen LogP contribution in [0.3, 0.4) is 0 Å². The highest BCUT2D eigenvalue weighted by atomic mass is 32.2. The van der Waals surface area contributed by atoms with Gasteiger partial charge in [0.15, 0.2) is 0 Å². The summed E-state index contributed by atoms with van der Waals surface area (Å²) in [5.41, 5.74) is 4.17. The van der Waals surface area contributed by atoms with Gasteiger partial charge in [0.2, 0.25) is 0 Å². The average Bonchev–Trinajstić information content (AvgIpc) is 2.98. The number of fused-ring (bicyclic) bond motifs is 3. The molecular formula is C21H22N2O3S. The van der Waals surface area contributed by atoms with Crippen LogP contribution in [0.5, 0.6) is 0 Å². The Morgan fingerprint density at radius 1 is 1.22 bits per heavy atom. The minimum absolute atomic E-state index is 0.000641. The molecule has 2 aromatic carbocycles. The van der Waals surface area contributed by atoms with Crippen molar-refractivity contribution in [3.63, 3.8) is 0 Å². The molecule has 1 saturated heterocycles. The summed E-state index contributed by atoms with van der Waals surface area (Å²) in [6.07, 6.45) is 0. The first-order chi connectivity index (χ1) is 13.1. The first-order valence-corrected chi connectivity index (χ1v) is 10.0. The van der Waals surface area contributed by atoms with Crippen LogP contribution in [-0.2, 0) is 16.1 Å². The summed E-state index contributed by atoms with van der Waals surface area (Å²) in [5.74, 6) is -0.305. The van der Waals surface area contributed by atoms with E-state index in [1.807, 2.05) is 54.3 Å². The number of carbonyl (C=O) groups excluding carboxylic acids is 2. The number of benzene rings is 2. The summed E-state index contributed by atoms with van der Waals surface area (Å²) in [4.78, 5) is 27.3. The van der Waals surface area contributed by atoms with E-state index in [0.29, 0.717) is 13.2 Å².